The third-order valence-corrected chi connectivity index (χ3v) is 5.20. The lowest BCUT2D eigenvalue weighted by atomic mass is 10.1. The lowest BCUT2D eigenvalue weighted by Crippen LogP contribution is -2.49. The van der Waals surface area contributed by atoms with Crippen molar-refractivity contribution in [3.63, 3.8) is 0 Å². The van der Waals surface area contributed by atoms with E-state index in [1.54, 1.807) is 53.4 Å². The zero-order valence-corrected chi connectivity index (χ0v) is 15.6. The number of halogens is 1. The smallest absolute Gasteiger partial charge is 0.254 e. The van der Waals surface area contributed by atoms with Crippen molar-refractivity contribution in [2.24, 2.45) is 0 Å². The molecule has 3 heterocycles. The van der Waals surface area contributed by atoms with Gasteiger partial charge in [-0.05, 0) is 30.3 Å². The lowest BCUT2D eigenvalue weighted by Gasteiger charge is -2.35. The lowest BCUT2D eigenvalue weighted by molar-refractivity contribution is 0.0745. The van der Waals surface area contributed by atoms with Crippen LogP contribution >= 0.6 is 0 Å². The summed E-state index contributed by atoms with van der Waals surface area (Å²) in [6.45, 7) is 2.51. The van der Waals surface area contributed by atoms with Gasteiger partial charge in [0.15, 0.2) is 11.5 Å². The minimum atomic E-state index is -0.302. The number of anilines is 1. The second kappa shape index (κ2) is 7.12. The number of piperazine rings is 1. The van der Waals surface area contributed by atoms with Crippen LogP contribution in [0.3, 0.4) is 0 Å². The van der Waals surface area contributed by atoms with Crippen molar-refractivity contribution < 1.29 is 18.7 Å². The summed E-state index contributed by atoms with van der Waals surface area (Å²) < 4.78 is 26.6. The first-order valence-corrected chi connectivity index (χ1v) is 9.43. The molecule has 0 bridgehead atoms. The number of hydrogen-bond donors (Lipinski definition) is 0. The summed E-state index contributed by atoms with van der Waals surface area (Å²) in [4.78, 5) is 21.2. The number of nitrogens with zero attached hydrogens (tertiary/aromatic N) is 4. The maximum Gasteiger partial charge on any atom is 0.254 e. The average Bonchev–Trinajstić information content (AvgIpc) is 3.42. The molecule has 2 aromatic carbocycles. The molecule has 0 aliphatic carbocycles. The number of para-hydroxylation sites is 1. The van der Waals surface area contributed by atoms with E-state index >= 15 is 0 Å². The van der Waals surface area contributed by atoms with Gasteiger partial charge < -0.3 is 19.3 Å². The molecule has 1 fully saturated rings. The molecule has 0 saturated carbocycles. The van der Waals surface area contributed by atoms with Crippen molar-refractivity contribution in [1.82, 2.24) is 14.5 Å². The molecule has 8 heteroatoms. The molecule has 148 valence electrons. The third-order valence-electron chi connectivity index (χ3n) is 5.20. The molecule has 2 aliphatic rings. The van der Waals surface area contributed by atoms with E-state index in [1.807, 2.05) is 4.90 Å². The zero-order valence-electron chi connectivity index (χ0n) is 15.6. The van der Waals surface area contributed by atoms with Gasteiger partial charge in [-0.15, -0.1) is 0 Å². The molecule has 7 nitrogen and oxygen atoms in total. The average molecular weight is 394 g/mol. The predicted octanol–water partition coefficient (Wildman–Crippen LogP) is 2.70. The van der Waals surface area contributed by atoms with Gasteiger partial charge in [0.25, 0.3) is 5.91 Å². The summed E-state index contributed by atoms with van der Waals surface area (Å²) in [7, 11) is 0. The number of benzene rings is 2. The molecule has 0 radical (unpaired) electrons. The third kappa shape index (κ3) is 3.16. The van der Waals surface area contributed by atoms with Gasteiger partial charge in [0, 0.05) is 44.1 Å². The molecule has 1 aromatic heterocycles. The Morgan fingerprint density at radius 2 is 1.79 bits per heavy atom. The number of carbonyl (C=O) groups is 1. The van der Waals surface area contributed by atoms with Crippen molar-refractivity contribution in [2.75, 3.05) is 37.9 Å². The van der Waals surface area contributed by atoms with E-state index in [-0.39, 0.29) is 18.5 Å². The molecule has 1 amide bonds. The Kier molecular flexibility index (Phi) is 4.31. The van der Waals surface area contributed by atoms with Gasteiger partial charge in [0.1, 0.15) is 5.82 Å². The van der Waals surface area contributed by atoms with Crippen LogP contribution in [-0.4, -0.2) is 53.3 Å². The van der Waals surface area contributed by atoms with Crippen molar-refractivity contribution in [3.8, 4) is 17.2 Å². The van der Waals surface area contributed by atoms with E-state index < -0.39 is 0 Å². The van der Waals surface area contributed by atoms with Gasteiger partial charge >= 0.3 is 0 Å². The van der Waals surface area contributed by atoms with Crippen molar-refractivity contribution >= 4 is 11.9 Å². The highest BCUT2D eigenvalue weighted by Crippen LogP contribution is 2.33. The molecule has 2 aliphatic heterocycles. The van der Waals surface area contributed by atoms with Crippen molar-refractivity contribution in [2.45, 2.75) is 0 Å². The molecule has 0 unspecified atom stereocenters. The molecule has 0 spiro atoms. The van der Waals surface area contributed by atoms with Gasteiger partial charge in [-0.3, -0.25) is 9.36 Å². The molecule has 29 heavy (non-hydrogen) atoms. The molecular weight excluding hydrogens is 375 g/mol. The van der Waals surface area contributed by atoms with Gasteiger partial charge in [-0.25, -0.2) is 9.37 Å². The van der Waals surface area contributed by atoms with Gasteiger partial charge in [-0.1, -0.05) is 12.1 Å². The summed E-state index contributed by atoms with van der Waals surface area (Å²) in [6.07, 6.45) is 3.41. The van der Waals surface area contributed by atoms with Crippen LogP contribution in [0.15, 0.2) is 54.9 Å². The number of carbonyl (C=O) groups excluding carboxylic acids is 1. The minimum absolute atomic E-state index is 0.0413. The van der Waals surface area contributed by atoms with E-state index in [2.05, 4.69) is 9.88 Å². The zero-order chi connectivity index (χ0) is 19.8. The summed E-state index contributed by atoms with van der Waals surface area (Å²) in [6, 6.07) is 11.9. The van der Waals surface area contributed by atoms with E-state index in [1.165, 1.54) is 6.07 Å². The van der Waals surface area contributed by atoms with Gasteiger partial charge in [0.2, 0.25) is 12.7 Å². The standard InChI is InChI=1S/C21H19FN4O3/c22-16-3-1-2-4-17(16)26-8-7-23-21(26)25-11-9-24(10-12-25)20(27)15-5-6-18-19(13-15)29-14-28-18/h1-8,13H,9-12,14H2. The van der Waals surface area contributed by atoms with Crippen molar-refractivity contribution in [1.29, 1.82) is 0 Å². The summed E-state index contributed by atoms with van der Waals surface area (Å²) >= 11 is 0. The van der Waals surface area contributed by atoms with Gasteiger partial charge in [0.05, 0.1) is 5.69 Å². The van der Waals surface area contributed by atoms with Crippen LogP contribution in [0.4, 0.5) is 10.3 Å². The van der Waals surface area contributed by atoms with Crippen LogP contribution in [0.5, 0.6) is 11.5 Å². The number of hydrogen-bond acceptors (Lipinski definition) is 5. The molecule has 3 aromatic rings. The molecule has 5 rings (SSSR count). The predicted molar refractivity (Wildman–Crippen MR) is 104 cm³/mol. The number of rotatable bonds is 3. The quantitative estimate of drug-likeness (QED) is 0.684. The monoisotopic (exact) mass is 394 g/mol. The summed E-state index contributed by atoms with van der Waals surface area (Å²) in [5, 5.41) is 0. The highest BCUT2D eigenvalue weighted by atomic mass is 19.1. The highest BCUT2D eigenvalue weighted by molar-refractivity contribution is 5.95. The number of fused-ring (bicyclic) bond motifs is 1. The Morgan fingerprint density at radius 3 is 2.62 bits per heavy atom. The minimum Gasteiger partial charge on any atom is -0.454 e. The number of aromatic nitrogens is 2. The number of imidazole rings is 1. The fourth-order valence-corrected chi connectivity index (χ4v) is 3.69. The van der Waals surface area contributed by atoms with Crippen LogP contribution in [0.2, 0.25) is 0 Å². The number of ether oxygens (including phenoxy) is 2. The fourth-order valence-electron chi connectivity index (χ4n) is 3.69. The fraction of sp³-hybridized carbons (Fsp3) is 0.238. The maximum absolute atomic E-state index is 14.2. The van der Waals surface area contributed by atoms with Crippen LogP contribution < -0.4 is 14.4 Å². The largest absolute Gasteiger partial charge is 0.454 e. The van der Waals surface area contributed by atoms with E-state index in [9.17, 15) is 9.18 Å². The van der Waals surface area contributed by atoms with Crippen molar-refractivity contribution in [3.05, 3.63) is 66.2 Å². The van der Waals surface area contributed by atoms with E-state index in [0.717, 1.165) is 0 Å². The van der Waals surface area contributed by atoms with E-state index in [0.29, 0.717) is 54.9 Å². The van der Waals surface area contributed by atoms with Crippen LogP contribution in [0.25, 0.3) is 5.69 Å². The van der Waals surface area contributed by atoms with Gasteiger partial charge in [-0.2, -0.15) is 0 Å². The Balaban J connectivity index is 1.30. The Bertz CT molecular complexity index is 1060. The van der Waals surface area contributed by atoms with Crippen LogP contribution in [0, 0.1) is 5.82 Å². The molecular formula is C21H19FN4O3. The SMILES string of the molecule is O=C(c1ccc2c(c1)OCO2)N1CCN(c2nccn2-c2ccccc2F)CC1. The highest BCUT2D eigenvalue weighted by Gasteiger charge is 2.26. The Morgan fingerprint density at radius 1 is 1.00 bits per heavy atom. The topological polar surface area (TPSA) is 59.8 Å². The molecule has 1 saturated heterocycles. The molecule has 0 N–H and O–H groups in total. The normalized spacial score (nSPS) is 15.6. The first-order valence-electron chi connectivity index (χ1n) is 9.43. The molecule has 0 atom stereocenters. The number of amides is 1. The second-order valence-electron chi connectivity index (χ2n) is 6.90. The maximum atomic E-state index is 14.2. The first-order chi connectivity index (χ1) is 14.2. The second-order valence-corrected chi connectivity index (χ2v) is 6.90. The Labute approximate surface area is 166 Å². The van der Waals surface area contributed by atoms with E-state index in [4.69, 9.17) is 9.47 Å². The summed E-state index contributed by atoms with van der Waals surface area (Å²) in [5.74, 6) is 1.58. The Hall–Kier alpha value is -3.55. The van der Waals surface area contributed by atoms with Crippen LogP contribution in [-0.2, 0) is 0 Å². The van der Waals surface area contributed by atoms with Crippen LogP contribution in [0.1, 0.15) is 10.4 Å². The first kappa shape index (κ1) is 17.5. The summed E-state index contributed by atoms with van der Waals surface area (Å²) in [5.41, 5.74) is 1.04.